The first-order chi connectivity index (χ1) is 10.1. The van der Waals surface area contributed by atoms with E-state index in [-0.39, 0.29) is 11.8 Å². The molecule has 9 heteroatoms. The van der Waals surface area contributed by atoms with Crippen molar-refractivity contribution >= 4 is 72.3 Å². The Morgan fingerprint density at radius 1 is 1.43 bits per heavy atom. The van der Waals surface area contributed by atoms with Crippen LogP contribution in [0.25, 0.3) is 10.2 Å². The molecule has 0 fully saturated rings. The van der Waals surface area contributed by atoms with Crippen LogP contribution in [0.4, 0.5) is 10.6 Å². The number of carboxylic acid groups (broad SMARTS) is 1. The maximum Gasteiger partial charge on any atom is 0.413 e. The van der Waals surface area contributed by atoms with Crippen LogP contribution in [-0.4, -0.2) is 21.2 Å². The Morgan fingerprint density at radius 3 is 2.90 bits per heavy atom. The molecule has 108 valence electrons. The van der Waals surface area contributed by atoms with Gasteiger partial charge in [-0.1, -0.05) is 6.07 Å². The van der Waals surface area contributed by atoms with Crippen molar-refractivity contribution in [1.82, 2.24) is 9.97 Å². The summed E-state index contributed by atoms with van der Waals surface area (Å²) in [7, 11) is 0. The summed E-state index contributed by atoms with van der Waals surface area (Å²) in [4.78, 5) is 22.0. The van der Waals surface area contributed by atoms with Crippen molar-refractivity contribution in [3.8, 4) is 0 Å². The predicted molar refractivity (Wildman–Crippen MR) is 88.7 cm³/mol. The first-order valence-electron chi connectivity index (χ1n) is 5.69. The van der Waals surface area contributed by atoms with Crippen molar-refractivity contribution in [2.75, 3.05) is 4.90 Å². The van der Waals surface area contributed by atoms with E-state index in [4.69, 9.17) is 11.6 Å². The third-order valence-corrected chi connectivity index (χ3v) is 5.61. The zero-order valence-electron chi connectivity index (χ0n) is 10.3. The van der Waals surface area contributed by atoms with Crippen LogP contribution in [0.5, 0.6) is 0 Å². The second-order valence-electron chi connectivity index (χ2n) is 4.03. The number of fused-ring (bicyclic) bond motifs is 1. The molecule has 0 unspecified atom stereocenters. The van der Waals surface area contributed by atoms with Crippen LogP contribution < -0.4 is 4.90 Å². The van der Waals surface area contributed by atoms with Crippen molar-refractivity contribution < 1.29 is 9.90 Å². The van der Waals surface area contributed by atoms with Gasteiger partial charge >= 0.3 is 6.09 Å². The highest BCUT2D eigenvalue weighted by atomic mass is 79.9. The molecule has 1 N–H and O–H groups in total. The quantitative estimate of drug-likeness (QED) is 0.633. The van der Waals surface area contributed by atoms with E-state index in [1.165, 1.54) is 27.6 Å². The summed E-state index contributed by atoms with van der Waals surface area (Å²) in [5.41, 5.74) is 0.618. The standard InChI is InChI=1S/C12H7BrClN3O2S2/c13-7-5-21-9-8(7)15-11(14)16-10(9)17(12(18)19)4-6-2-1-3-20-6/h1-3,5H,4H2,(H,18,19). The SMILES string of the molecule is O=C(O)N(Cc1cccs1)c1nc(Cl)nc2c(Br)csc12. The molecule has 0 saturated heterocycles. The monoisotopic (exact) mass is 403 g/mol. The smallest absolute Gasteiger partial charge is 0.413 e. The minimum atomic E-state index is -1.08. The molecular weight excluding hydrogens is 398 g/mol. The van der Waals surface area contributed by atoms with Gasteiger partial charge in [0.1, 0.15) is 5.52 Å². The molecule has 0 aromatic carbocycles. The number of hydrogen-bond acceptors (Lipinski definition) is 5. The molecule has 5 nitrogen and oxygen atoms in total. The molecular formula is C12H7BrClN3O2S2. The number of anilines is 1. The summed E-state index contributed by atoms with van der Waals surface area (Å²) in [5, 5.41) is 13.3. The van der Waals surface area contributed by atoms with Crippen LogP contribution in [-0.2, 0) is 6.54 Å². The number of nitrogens with zero attached hydrogens (tertiary/aromatic N) is 3. The van der Waals surface area contributed by atoms with Gasteiger partial charge in [0.05, 0.1) is 15.7 Å². The molecule has 3 aromatic heterocycles. The molecule has 0 atom stereocenters. The zero-order valence-corrected chi connectivity index (χ0v) is 14.3. The number of amides is 1. The van der Waals surface area contributed by atoms with E-state index < -0.39 is 6.09 Å². The van der Waals surface area contributed by atoms with Crippen molar-refractivity contribution in [2.24, 2.45) is 0 Å². The lowest BCUT2D eigenvalue weighted by Gasteiger charge is -2.18. The number of hydrogen-bond donors (Lipinski definition) is 1. The first kappa shape index (κ1) is 14.7. The van der Waals surface area contributed by atoms with Crippen LogP contribution in [0.1, 0.15) is 4.88 Å². The van der Waals surface area contributed by atoms with Gasteiger partial charge in [0.25, 0.3) is 0 Å². The minimum Gasteiger partial charge on any atom is -0.465 e. The second kappa shape index (κ2) is 5.88. The first-order valence-corrected chi connectivity index (χ1v) is 8.62. The maximum absolute atomic E-state index is 11.6. The molecule has 0 aliphatic heterocycles. The Bertz CT molecular complexity index is 806. The van der Waals surface area contributed by atoms with E-state index in [9.17, 15) is 9.90 Å². The van der Waals surface area contributed by atoms with E-state index in [2.05, 4.69) is 25.9 Å². The Kier molecular flexibility index (Phi) is 4.12. The van der Waals surface area contributed by atoms with Gasteiger partial charge in [0, 0.05) is 10.3 Å². The van der Waals surface area contributed by atoms with Gasteiger partial charge in [-0.3, -0.25) is 4.90 Å². The molecule has 3 heterocycles. The molecule has 3 aromatic rings. The average molecular weight is 405 g/mol. The molecule has 0 radical (unpaired) electrons. The predicted octanol–water partition coefficient (Wildman–Crippen LogP) is 4.85. The highest BCUT2D eigenvalue weighted by molar-refractivity contribution is 9.10. The third kappa shape index (κ3) is 2.89. The van der Waals surface area contributed by atoms with Crippen LogP contribution in [0.2, 0.25) is 5.28 Å². The van der Waals surface area contributed by atoms with E-state index in [1.807, 2.05) is 22.9 Å². The fourth-order valence-electron chi connectivity index (χ4n) is 1.82. The molecule has 21 heavy (non-hydrogen) atoms. The van der Waals surface area contributed by atoms with Crippen LogP contribution >= 0.6 is 50.2 Å². The fourth-order valence-corrected chi connectivity index (χ4v) is 4.24. The third-order valence-electron chi connectivity index (χ3n) is 2.71. The molecule has 0 aliphatic carbocycles. The second-order valence-corrected chi connectivity index (χ2v) is 7.13. The van der Waals surface area contributed by atoms with E-state index in [1.54, 1.807) is 0 Å². The largest absolute Gasteiger partial charge is 0.465 e. The Labute approximate surface area is 141 Å². The van der Waals surface area contributed by atoms with Crippen molar-refractivity contribution in [1.29, 1.82) is 0 Å². The van der Waals surface area contributed by atoms with Gasteiger partial charge in [-0.15, -0.1) is 22.7 Å². The van der Waals surface area contributed by atoms with Crippen LogP contribution in [0.15, 0.2) is 27.4 Å². The zero-order chi connectivity index (χ0) is 15.0. The van der Waals surface area contributed by atoms with Gasteiger partial charge in [-0.2, -0.15) is 4.98 Å². The Balaban J connectivity index is 2.13. The normalized spacial score (nSPS) is 11.0. The summed E-state index contributed by atoms with van der Waals surface area (Å²) in [6.07, 6.45) is -1.08. The molecule has 1 amide bonds. The summed E-state index contributed by atoms with van der Waals surface area (Å²) >= 11 is 12.2. The van der Waals surface area contributed by atoms with E-state index in [0.29, 0.717) is 16.0 Å². The molecule has 0 spiro atoms. The van der Waals surface area contributed by atoms with Crippen molar-refractivity contribution in [2.45, 2.75) is 6.54 Å². The maximum atomic E-state index is 11.6. The number of carbonyl (C=O) groups is 1. The molecule has 0 bridgehead atoms. The average Bonchev–Trinajstić information content (AvgIpc) is 3.06. The van der Waals surface area contributed by atoms with Crippen molar-refractivity contribution in [3.63, 3.8) is 0 Å². The number of aromatic nitrogens is 2. The summed E-state index contributed by atoms with van der Waals surface area (Å²) < 4.78 is 1.46. The lowest BCUT2D eigenvalue weighted by molar-refractivity contribution is 0.201. The number of rotatable bonds is 3. The molecule has 0 saturated carbocycles. The van der Waals surface area contributed by atoms with Gasteiger partial charge in [-0.05, 0) is 39.0 Å². The van der Waals surface area contributed by atoms with Gasteiger partial charge in [0.2, 0.25) is 5.28 Å². The summed E-state index contributed by atoms with van der Waals surface area (Å²) in [6.45, 7) is 0.227. The van der Waals surface area contributed by atoms with Gasteiger partial charge in [-0.25, -0.2) is 9.78 Å². The van der Waals surface area contributed by atoms with E-state index in [0.717, 1.165) is 9.35 Å². The number of thiophene rings is 2. The van der Waals surface area contributed by atoms with Gasteiger partial charge < -0.3 is 5.11 Å². The van der Waals surface area contributed by atoms with E-state index >= 15 is 0 Å². The topological polar surface area (TPSA) is 66.3 Å². The number of halogens is 2. The lowest BCUT2D eigenvalue weighted by atomic mass is 10.4. The van der Waals surface area contributed by atoms with Gasteiger partial charge in [0.15, 0.2) is 5.82 Å². The fraction of sp³-hybridized carbons (Fsp3) is 0.0833. The highest BCUT2D eigenvalue weighted by Crippen LogP contribution is 2.36. The van der Waals surface area contributed by atoms with Crippen LogP contribution in [0.3, 0.4) is 0 Å². The van der Waals surface area contributed by atoms with Crippen molar-refractivity contribution in [3.05, 3.63) is 37.5 Å². The lowest BCUT2D eigenvalue weighted by Crippen LogP contribution is -2.29. The highest BCUT2D eigenvalue weighted by Gasteiger charge is 2.22. The summed E-state index contributed by atoms with van der Waals surface area (Å²) in [5.74, 6) is 0.307. The Morgan fingerprint density at radius 2 is 2.24 bits per heavy atom. The molecule has 3 rings (SSSR count). The minimum absolute atomic E-state index is 0.0222. The summed E-state index contributed by atoms with van der Waals surface area (Å²) in [6, 6.07) is 3.76. The molecule has 0 aliphatic rings. The van der Waals surface area contributed by atoms with Crippen LogP contribution in [0, 0.1) is 0 Å². The Hall–Kier alpha value is -1.22.